The van der Waals surface area contributed by atoms with Gasteiger partial charge in [-0.2, -0.15) is 0 Å². The number of rotatable bonds is 4. The van der Waals surface area contributed by atoms with E-state index in [0.29, 0.717) is 0 Å². The lowest BCUT2D eigenvalue weighted by atomic mass is 9.88. The first-order valence-corrected chi connectivity index (χ1v) is 6.35. The molecule has 0 aromatic rings. The Hall–Kier alpha value is -0.0800. The van der Waals surface area contributed by atoms with Crippen molar-refractivity contribution in [3.05, 3.63) is 0 Å². The van der Waals surface area contributed by atoms with Gasteiger partial charge in [-0.25, -0.2) is 0 Å². The molecule has 0 radical (unpaired) electrons. The second-order valence-corrected chi connectivity index (χ2v) is 6.44. The van der Waals surface area contributed by atoms with Gasteiger partial charge >= 0.3 is 0 Å². The monoisotopic (exact) mass is 211 g/mol. The third-order valence-electron chi connectivity index (χ3n) is 4.09. The summed E-state index contributed by atoms with van der Waals surface area (Å²) in [4.78, 5) is 2.31. The molecular weight excluding hydrogens is 186 g/mol. The van der Waals surface area contributed by atoms with E-state index >= 15 is 0 Å². The van der Waals surface area contributed by atoms with Crippen molar-refractivity contribution >= 4 is 0 Å². The Morgan fingerprint density at radius 2 is 2.00 bits per heavy atom. The zero-order chi connectivity index (χ0) is 11.1. The van der Waals surface area contributed by atoms with Gasteiger partial charge in [0.2, 0.25) is 0 Å². The summed E-state index contributed by atoms with van der Waals surface area (Å²) in [6.45, 7) is 5.76. The summed E-state index contributed by atoms with van der Waals surface area (Å²) in [5, 5.41) is 9.75. The Balaban J connectivity index is 1.77. The van der Waals surface area contributed by atoms with E-state index in [9.17, 15) is 5.11 Å². The molecule has 88 valence electrons. The second kappa shape index (κ2) is 4.06. The molecule has 2 aliphatic rings. The Morgan fingerprint density at radius 3 is 2.47 bits per heavy atom. The van der Waals surface area contributed by atoms with Crippen molar-refractivity contribution in [1.29, 1.82) is 0 Å². The minimum Gasteiger partial charge on any atom is -0.389 e. The molecule has 2 aliphatic carbocycles. The molecule has 0 spiro atoms. The maximum Gasteiger partial charge on any atom is 0.0718 e. The lowest BCUT2D eigenvalue weighted by molar-refractivity contribution is 0.0372. The largest absolute Gasteiger partial charge is 0.389 e. The third kappa shape index (κ3) is 2.94. The fraction of sp³-hybridized carbons (Fsp3) is 1.00. The van der Waals surface area contributed by atoms with Crippen LogP contribution in [0.3, 0.4) is 0 Å². The van der Waals surface area contributed by atoms with Gasteiger partial charge in [0.05, 0.1) is 5.60 Å². The van der Waals surface area contributed by atoms with Gasteiger partial charge in [-0.1, -0.05) is 6.42 Å². The van der Waals surface area contributed by atoms with Gasteiger partial charge in [-0.3, -0.25) is 0 Å². The number of nitrogens with zero attached hydrogens (tertiary/aromatic N) is 1. The van der Waals surface area contributed by atoms with Gasteiger partial charge in [0.15, 0.2) is 0 Å². The van der Waals surface area contributed by atoms with Gasteiger partial charge in [-0.15, -0.1) is 0 Å². The highest BCUT2D eigenvalue weighted by Gasteiger charge is 2.39. The smallest absolute Gasteiger partial charge is 0.0718 e. The van der Waals surface area contributed by atoms with Crippen molar-refractivity contribution in [3.63, 3.8) is 0 Å². The lowest BCUT2D eigenvalue weighted by Gasteiger charge is -2.30. The van der Waals surface area contributed by atoms with E-state index in [2.05, 4.69) is 11.9 Å². The number of fused-ring (bicyclic) bond motifs is 2. The molecule has 0 amide bonds. The summed E-state index contributed by atoms with van der Waals surface area (Å²) in [7, 11) is 2.14. The lowest BCUT2D eigenvalue weighted by Crippen LogP contribution is -2.39. The molecule has 0 aromatic carbocycles. The van der Waals surface area contributed by atoms with Gasteiger partial charge in [-0.05, 0) is 57.9 Å². The van der Waals surface area contributed by atoms with Crippen LogP contribution in [0.15, 0.2) is 0 Å². The van der Waals surface area contributed by atoms with E-state index < -0.39 is 5.60 Å². The number of hydrogen-bond donors (Lipinski definition) is 1. The van der Waals surface area contributed by atoms with E-state index in [1.807, 2.05) is 13.8 Å². The Morgan fingerprint density at radius 1 is 1.27 bits per heavy atom. The van der Waals surface area contributed by atoms with Crippen LogP contribution in [0.5, 0.6) is 0 Å². The summed E-state index contributed by atoms with van der Waals surface area (Å²) in [6, 6.07) is 0. The van der Waals surface area contributed by atoms with Gasteiger partial charge < -0.3 is 10.0 Å². The third-order valence-corrected chi connectivity index (χ3v) is 4.09. The number of hydrogen-bond acceptors (Lipinski definition) is 2. The fourth-order valence-electron chi connectivity index (χ4n) is 3.73. The maximum absolute atomic E-state index is 9.75. The molecular formula is C13H25NO. The van der Waals surface area contributed by atoms with Crippen LogP contribution in [-0.4, -0.2) is 35.7 Å². The van der Waals surface area contributed by atoms with Crippen LogP contribution in [0.1, 0.15) is 39.5 Å². The van der Waals surface area contributed by atoms with Crippen molar-refractivity contribution < 1.29 is 5.11 Å². The van der Waals surface area contributed by atoms with Crippen LogP contribution < -0.4 is 0 Å². The zero-order valence-electron chi connectivity index (χ0n) is 10.4. The molecule has 2 saturated carbocycles. The van der Waals surface area contributed by atoms with Crippen LogP contribution in [0, 0.1) is 17.8 Å². The van der Waals surface area contributed by atoms with Gasteiger partial charge in [0.1, 0.15) is 0 Å². The summed E-state index contributed by atoms with van der Waals surface area (Å²) in [5.41, 5.74) is -0.549. The predicted molar refractivity (Wildman–Crippen MR) is 62.7 cm³/mol. The Bertz CT molecular complexity index is 221. The molecule has 0 saturated heterocycles. The Kier molecular flexibility index (Phi) is 3.09. The normalized spacial score (nSPS) is 35.4. The molecule has 2 heteroatoms. The van der Waals surface area contributed by atoms with Crippen LogP contribution in [0.2, 0.25) is 0 Å². The summed E-state index contributed by atoms with van der Waals surface area (Å²) in [6.07, 6.45) is 5.88. The van der Waals surface area contributed by atoms with Crippen LogP contribution in [0.4, 0.5) is 0 Å². The van der Waals surface area contributed by atoms with Gasteiger partial charge in [0, 0.05) is 13.1 Å². The molecule has 0 aromatic heterocycles. The van der Waals surface area contributed by atoms with Crippen LogP contribution in [-0.2, 0) is 0 Å². The molecule has 3 atom stereocenters. The first-order valence-electron chi connectivity index (χ1n) is 6.35. The summed E-state index contributed by atoms with van der Waals surface area (Å²) >= 11 is 0. The molecule has 2 rings (SSSR count). The molecule has 1 N–H and O–H groups in total. The van der Waals surface area contributed by atoms with E-state index in [0.717, 1.165) is 24.3 Å². The average molecular weight is 211 g/mol. The zero-order valence-corrected chi connectivity index (χ0v) is 10.4. The second-order valence-electron chi connectivity index (χ2n) is 6.44. The molecule has 15 heavy (non-hydrogen) atoms. The van der Waals surface area contributed by atoms with E-state index in [1.54, 1.807) is 0 Å². The number of aliphatic hydroxyl groups is 1. The highest BCUT2D eigenvalue weighted by molar-refractivity contribution is 4.91. The topological polar surface area (TPSA) is 23.5 Å². The minimum atomic E-state index is -0.549. The predicted octanol–water partition coefficient (Wildman–Crippen LogP) is 2.13. The maximum atomic E-state index is 9.75. The quantitative estimate of drug-likeness (QED) is 0.770. The first kappa shape index (κ1) is 11.4. The standard InChI is InChI=1S/C13H25NO/c1-13(2,15)9-14(3)8-12-7-10-4-5-11(12)6-10/h10-12,15H,4-9H2,1-3H3. The average Bonchev–Trinajstić information content (AvgIpc) is 2.60. The summed E-state index contributed by atoms with van der Waals surface area (Å²) < 4.78 is 0. The SMILES string of the molecule is CN(CC1CC2CCC1C2)CC(C)(C)O. The molecule has 3 unspecified atom stereocenters. The highest BCUT2D eigenvalue weighted by atomic mass is 16.3. The summed E-state index contributed by atoms with van der Waals surface area (Å²) in [5.74, 6) is 2.95. The van der Waals surface area contributed by atoms with E-state index in [4.69, 9.17) is 0 Å². The molecule has 2 bridgehead atoms. The van der Waals surface area contributed by atoms with Gasteiger partial charge in [0.25, 0.3) is 0 Å². The highest BCUT2D eigenvalue weighted by Crippen LogP contribution is 2.48. The van der Waals surface area contributed by atoms with Crippen molar-refractivity contribution in [3.8, 4) is 0 Å². The van der Waals surface area contributed by atoms with E-state index in [1.165, 1.54) is 32.2 Å². The molecule has 0 aliphatic heterocycles. The molecule has 2 fully saturated rings. The van der Waals surface area contributed by atoms with Crippen molar-refractivity contribution in [1.82, 2.24) is 4.90 Å². The van der Waals surface area contributed by atoms with Crippen molar-refractivity contribution in [2.45, 2.75) is 45.1 Å². The number of likely N-dealkylation sites (N-methyl/N-ethyl adjacent to an activating group) is 1. The van der Waals surface area contributed by atoms with Crippen LogP contribution >= 0.6 is 0 Å². The van der Waals surface area contributed by atoms with Crippen molar-refractivity contribution in [2.24, 2.45) is 17.8 Å². The van der Waals surface area contributed by atoms with Crippen molar-refractivity contribution in [2.75, 3.05) is 20.1 Å². The minimum absolute atomic E-state index is 0.549. The fourth-order valence-corrected chi connectivity index (χ4v) is 3.73. The molecule has 0 heterocycles. The first-order chi connectivity index (χ1) is 6.94. The van der Waals surface area contributed by atoms with E-state index in [-0.39, 0.29) is 0 Å². The Labute approximate surface area is 93.7 Å². The van der Waals surface area contributed by atoms with Crippen LogP contribution in [0.25, 0.3) is 0 Å². The molecule has 2 nitrogen and oxygen atoms in total.